The van der Waals surface area contributed by atoms with Crippen molar-refractivity contribution in [2.45, 2.75) is 51.0 Å². The standard InChI is InChI=1S/C15H18BrNO2/c1-10(2)11-7-12(14(19)13(16)8-11)15(17-9-18)5-3-4-6-15/h7-8,10,19H,3-6H2,1-2H3. The predicted molar refractivity (Wildman–Crippen MR) is 78.2 cm³/mol. The van der Waals surface area contributed by atoms with Gasteiger partial charge in [0.1, 0.15) is 11.3 Å². The zero-order valence-electron chi connectivity index (χ0n) is 11.2. The molecule has 0 heterocycles. The number of phenolic OH excluding ortho intramolecular Hbond substituents is 1. The highest BCUT2D eigenvalue weighted by atomic mass is 79.9. The summed E-state index contributed by atoms with van der Waals surface area (Å²) in [7, 11) is 0. The third-order valence-corrected chi connectivity index (χ3v) is 4.55. The van der Waals surface area contributed by atoms with Gasteiger partial charge in [-0.25, -0.2) is 4.79 Å². The third kappa shape index (κ3) is 2.60. The van der Waals surface area contributed by atoms with Gasteiger partial charge in [0.2, 0.25) is 6.08 Å². The summed E-state index contributed by atoms with van der Waals surface area (Å²) in [6.07, 6.45) is 5.33. The van der Waals surface area contributed by atoms with Gasteiger partial charge in [0, 0.05) is 5.56 Å². The summed E-state index contributed by atoms with van der Waals surface area (Å²) in [5, 5.41) is 10.3. The molecule has 0 amide bonds. The molecule has 1 fully saturated rings. The van der Waals surface area contributed by atoms with Crippen molar-refractivity contribution in [3.8, 4) is 5.75 Å². The maximum Gasteiger partial charge on any atom is 0.235 e. The fourth-order valence-electron chi connectivity index (χ4n) is 2.80. The Balaban J connectivity index is 2.62. The Bertz CT molecular complexity index is 527. The molecule has 0 saturated heterocycles. The first-order valence-corrected chi connectivity index (χ1v) is 7.41. The lowest BCUT2D eigenvalue weighted by Gasteiger charge is -2.25. The molecule has 3 nitrogen and oxygen atoms in total. The molecule has 0 radical (unpaired) electrons. The number of isocyanates is 1. The molecule has 2 rings (SSSR count). The number of aromatic hydroxyl groups is 1. The molecule has 0 bridgehead atoms. The summed E-state index contributed by atoms with van der Waals surface area (Å²) in [4.78, 5) is 14.8. The maximum atomic E-state index is 10.8. The van der Waals surface area contributed by atoms with Crippen molar-refractivity contribution in [3.63, 3.8) is 0 Å². The molecule has 0 aromatic heterocycles. The number of hydrogen-bond acceptors (Lipinski definition) is 3. The average Bonchev–Trinajstić information content (AvgIpc) is 2.82. The summed E-state index contributed by atoms with van der Waals surface area (Å²) >= 11 is 3.40. The van der Waals surface area contributed by atoms with E-state index >= 15 is 0 Å². The number of benzene rings is 1. The Morgan fingerprint density at radius 1 is 1.37 bits per heavy atom. The monoisotopic (exact) mass is 323 g/mol. The van der Waals surface area contributed by atoms with Crippen LogP contribution < -0.4 is 0 Å². The number of phenols is 1. The molecule has 19 heavy (non-hydrogen) atoms. The van der Waals surface area contributed by atoms with E-state index in [2.05, 4.69) is 34.8 Å². The summed E-state index contributed by atoms with van der Waals surface area (Å²) in [5.74, 6) is 0.555. The zero-order chi connectivity index (χ0) is 14.0. The van der Waals surface area contributed by atoms with E-state index in [9.17, 15) is 9.90 Å². The second-order valence-electron chi connectivity index (χ2n) is 5.50. The summed E-state index contributed by atoms with van der Waals surface area (Å²) < 4.78 is 0.668. The molecular formula is C15H18BrNO2. The number of aliphatic imine (C=N–C) groups is 1. The lowest BCUT2D eigenvalue weighted by atomic mass is 9.85. The predicted octanol–water partition coefficient (Wildman–Crippen LogP) is 4.38. The van der Waals surface area contributed by atoms with Crippen molar-refractivity contribution >= 4 is 22.0 Å². The van der Waals surface area contributed by atoms with Crippen LogP contribution in [0.1, 0.15) is 56.6 Å². The van der Waals surface area contributed by atoms with Crippen LogP contribution in [0.5, 0.6) is 5.75 Å². The smallest absolute Gasteiger partial charge is 0.235 e. The Morgan fingerprint density at radius 3 is 2.53 bits per heavy atom. The second kappa shape index (κ2) is 5.48. The Kier molecular flexibility index (Phi) is 4.12. The number of carbonyl (C=O) groups excluding carboxylic acids is 1. The van der Waals surface area contributed by atoms with Crippen LogP contribution in [0.3, 0.4) is 0 Å². The van der Waals surface area contributed by atoms with Crippen LogP contribution in [0.25, 0.3) is 0 Å². The molecule has 1 aliphatic carbocycles. The van der Waals surface area contributed by atoms with Crippen molar-refractivity contribution in [1.29, 1.82) is 0 Å². The number of nitrogens with zero attached hydrogens (tertiary/aromatic N) is 1. The first-order chi connectivity index (χ1) is 9.00. The fourth-order valence-corrected chi connectivity index (χ4v) is 3.27. The van der Waals surface area contributed by atoms with Gasteiger partial charge in [-0.15, -0.1) is 0 Å². The summed E-state index contributed by atoms with van der Waals surface area (Å²) in [6, 6.07) is 3.91. The fraction of sp³-hybridized carbons (Fsp3) is 0.533. The first-order valence-electron chi connectivity index (χ1n) is 6.62. The van der Waals surface area contributed by atoms with Gasteiger partial charge in [-0.05, 0) is 52.4 Å². The molecule has 4 heteroatoms. The van der Waals surface area contributed by atoms with Gasteiger partial charge in [-0.1, -0.05) is 26.7 Å². The molecule has 1 N–H and O–H groups in total. The molecule has 1 aliphatic rings. The molecular weight excluding hydrogens is 306 g/mol. The van der Waals surface area contributed by atoms with Gasteiger partial charge in [0.15, 0.2) is 0 Å². The third-order valence-electron chi connectivity index (χ3n) is 3.94. The minimum atomic E-state index is -0.584. The summed E-state index contributed by atoms with van der Waals surface area (Å²) in [5.41, 5.74) is 1.30. The van der Waals surface area contributed by atoms with Crippen LogP contribution >= 0.6 is 15.9 Å². The minimum Gasteiger partial charge on any atom is -0.506 e. The SMILES string of the molecule is CC(C)c1cc(Br)c(O)c(C2(N=C=O)CCCC2)c1. The van der Waals surface area contributed by atoms with Gasteiger partial charge >= 0.3 is 0 Å². The van der Waals surface area contributed by atoms with Gasteiger partial charge < -0.3 is 5.11 Å². The van der Waals surface area contributed by atoms with Crippen molar-refractivity contribution in [1.82, 2.24) is 0 Å². The van der Waals surface area contributed by atoms with Gasteiger partial charge in [-0.2, -0.15) is 4.99 Å². The highest BCUT2D eigenvalue weighted by Crippen LogP contribution is 2.48. The molecule has 1 aromatic rings. The van der Waals surface area contributed by atoms with Crippen molar-refractivity contribution < 1.29 is 9.90 Å². The molecule has 0 unspecified atom stereocenters. The van der Waals surface area contributed by atoms with Crippen molar-refractivity contribution in [2.75, 3.05) is 0 Å². The average molecular weight is 324 g/mol. The van der Waals surface area contributed by atoms with Crippen LogP contribution in [0.15, 0.2) is 21.6 Å². The molecule has 0 spiro atoms. The van der Waals surface area contributed by atoms with Crippen molar-refractivity contribution in [3.05, 3.63) is 27.7 Å². The zero-order valence-corrected chi connectivity index (χ0v) is 12.8. The normalized spacial score (nSPS) is 17.5. The number of hydrogen-bond donors (Lipinski definition) is 1. The Labute approximate surface area is 121 Å². The van der Waals surface area contributed by atoms with Gasteiger partial charge in [0.05, 0.1) is 4.47 Å². The molecule has 0 aliphatic heterocycles. The number of halogens is 1. The van der Waals surface area contributed by atoms with E-state index in [0.717, 1.165) is 36.8 Å². The van der Waals surface area contributed by atoms with E-state index in [-0.39, 0.29) is 5.75 Å². The van der Waals surface area contributed by atoms with E-state index < -0.39 is 5.54 Å². The van der Waals surface area contributed by atoms with E-state index in [1.54, 1.807) is 6.08 Å². The van der Waals surface area contributed by atoms with Crippen LogP contribution in [-0.2, 0) is 10.3 Å². The number of rotatable bonds is 3. The highest BCUT2D eigenvalue weighted by molar-refractivity contribution is 9.10. The van der Waals surface area contributed by atoms with E-state index in [1.165, 1.54) is 0 Å². The van der Waals surface area contributed by atoms with Crippen LogP contribution in [-0.4, -0.2) is 11.2 Å². The maximum absolute atomic E-state index is 10.8. The quantitative estimate of drug-likeness (QED) is 0.662. The van der Waals surface area contributed by atoms with Crippen LogP contribution in [0.4, 0.5) is 0 Å². The minimum absolute atomic E-state index is 0.199. The molecule has 0 atom stereocenters. The molecule has 102 valence electrons. The van der Waals surface area contributed by atoms with Crippen molar-refractivity contribution in [2.24, 2.45) is 4.99 Å². The van der Waals surface area contributed by atoms with E-state index in [4.69, 9.17) is 0 Å². The lowest BCUT2D eigenvalue weighted by Crippen LogP contribution is -2.19. The largest absolute Gasteiger partial charge is 0.506 e. The second-order valence-corrected chi connectivity index (χ2v) is 6.35. The van der Waals surface area contributed by atoms with Gasteiger partial charge in [0.25, 0.3) is 0 Å². The van der Waals surface area contributed by atoms with Crippen LogP contribution in [0, 0.1) is 0 Å². The highest BCUT2D eigenvalue weighted by Gasteiger charge is 2.38. The molecule has 1 saturated carbocycles. The van der Waals surface area contributed by atoms with Gasteiger partial charge in [-0.3, -0.25) is 0 Å². The summed E-state index contributed by atoms with van der Waals surface area (Å²) in [6.45, 7) is 4.21. The lowest BCUT2D eigenvalue weighted by molar-refractivity contribution is 0.406. The van der Waals surface area contributed by atoms with E-state index in [1.807, 2.05) is 12.1 Å². The van der Waals surface area contributed by atoms with E-state index in [0.29, 0.717) is 10.4 Å². The Hall–Kier alpha value is -1.12. The molecule has 1 aromatic carbocycles. The van der Waals surface area contributed by atoms with Crippen LogP contribution in [0.2, 0.25) is 0 Å². The topological polar surface area (TPSA) is 49.7 Å². The first kappa shape index (κ1) is 14.3. The Morgan fingerprint density at radius 2 is 2.00 bits per heavy atom.